The zero-order valence-electron chi connectivity index (χ0n) is 11.1. The third kappa shape index (κ3) is 4.53. The van der Waals surface area contributed by atoms with Crippen LogP contribution in [0.1, 0.15) is 12.0 Å². The average Bonchev–Trinajstić information content (AvgIpc) is 2.33. The molecule has 0 aliphatic carbocycles. The van der Waals surface area contributed by atoms with Gasteiger partial charge < -0.3 is 15.8 Å². The topological polar surface area (TPSA) is 64.3 Å². The van der Waals surface area contributed by atoms with Gasteiger partial charge in [-0.05, 0) is 18.2 Å². The van der Waals surface area contributed by atoms with Crippen molar-refractivity contribution in [3.63, 3.8) is 0 Å². The molecule has 1 aliphatic rings. The molecule has 2 rings (SSSR count). The molecule has 1 heterocycles. The molecule has 8 heteroatoms. The second-order valence-electron chi connectivity index (χ2n) is 4.63. The van der Waals surface area contributed by atoms with Gasteiger partial charge in [-0.3, -0.25) is 4.79 Å². The van der Waals surface area contributed by atoms with E-state index < -0.39 is 11.7 Å². The predicted molar refractivity (Wildman–Crippen MR) is 76.2 cm³/mol. The summed E-state index contributed by atoms with van der Waals surface area (Å²) in [6.45, 7) is 1.41. The number of nitrogens with one attached hydrogen (secondary N) is 1. The number of nitrogen functional groups attached to an aromatic ring is 1. The molecule has 1 saturated heterocycles. The maximum Gasteiger partial charge on any atom is 0.416 e. The summed E-state index contributed by atoms with van der Waals surface area (Å²) in [6, 6.07) is 2.88. The Labute approximate surface area is 124 Å². The maximum atomic E-state index is 12.5. The van der Waals surface area contributed by atoms with E-state index >= 15 is 0 Å². The Morgan fingerprint density at radius 1 is 1.43 bits per heavy atom. The lowest BCUT2D eigenvalue weighted by Crippen LogP contribution is -2.30. The SMILES string of the molecule is Nc1cc(C(F)(F)F)ccc1NC(=O)CCSC1COC1. The van der Waals surface area contributed by atoms with E-state index in [0.29, 0.717) is 24.2 Å². The fourth-order valence-corrected chi connectivity index (χ4v) is 2.72. The van der Waals surface area contributed by atoms with Gasteiger partial charge in [0.15, 0.2) is 0 Å². The van der Waals surface area contributed by atoms with Gasteiger partial charge in [0.25, 0.3) is 0 Å². The van der Waals surface area contributed by atoms with Crippen LogP contribution < -0.4 is 11.1 Å². The normalized spacial score (nSPS) is 15.6. The Hall–Kier alpha value is -1.41. The van der Waals surface area contributed by atoms with Gasteiger partial charge >= 0.3 is 6.18 Å². The molecule has 1 fully saturated rings. The van der Waals surface area contributed by atoms with E-state index in [0.717, 1.165) is 12.1 Å². The predicted octanol–water partition coefficient (Wildman–Crippen LogP) is 2.75. The quantitative estimate of drug-likeness (QED) is 0.819. The van der Waals surface area contributed by atoms with E-state index in [-0.39, 0.29) is 23.7 Å². The van der Waals surface area contributed by atoms with Crippen LogP contribution in [0.15, 0.2) is 18.2 Å². The number of alkyl halides is 3. The fraction of sp³-hybridized carbons (Fsp3) is 0.462. The third-order valence-corrected chi connectivity index (χ3v) is 4.13. The number of amides is 1. The lowest BCUT2D eigenvalue weighted by atomic mass is 10.1. The molecule has 116 valence electrons. The van der Waals surface area contributed by atoms with Gasteiger partial charge in [-0.15, -0.1) is 0 Å². The summed E-state index contributed by atoms with van der Waals surface area (Å²) in [4.78, 5) is 11.7. The Morgan fingerprint density at radius 3 is 2.67 bits per heavy atom. The average molecular weight is 320 g/mol. The van der Waals surface area contributed by atoms with Gasteiger partial charge in [-0.25, -0.2) is 0 Å². The van der Waals surface area contributed by atoms with E-state index in [2.05, 4.69) is 5.32 Å². The van der Waals surface area contributed by atoms with Crippen LogP contribution in [0.25, 0.3) is 0 Å². The maximum absolute atomic E-state index is 12.5. The largest absolute Gasteiger partial charge is 0.416 e. The van der Waals surface area contributed by atoms with Gasteiger partial charge in [-0.2, -0.15) is 24.9 Å². The van der Waals surface area contributed by atoms with E-state index in [1.54, 1.807) is 11.8 Å². The number of nitrogens with two attached hydrogens (primary N) is 1. The first-order chi connectivity index (χ1) is 9.86. The molecule has 1 aromatic carbocycles. The van der Waals surface area contributed by atoms with Crippen molar-refractivity contribution < 1.29 is 22.7 Å². The summed E-state index contributed by atoms with van der Waals surface area (Å²) in [7, 11) is 0. The number of halogens is 3. The number of benzene rings is 1. The van der Waals surface area contributed by atoms with Crippen molar-refractivity contribution in [2.45, 2.75) is 17.8 Å². The van der Waals surface area contributed by atoms with E-state index in [4.69, 9.17) is 10.5 Å². The standard InChI is InChI=1S/C13H15F3N2O2S/c14-13(15,16)8-1-2-11(10(17)5-8)18-12(19)3-4-21-9-6-20-7-9/h1-2,5,9H,3-4,6-7,17H2,(H,18,19). The molecular weight excluding hydrogens is 305 g/mol. The van der Waals surface area contributed by atoms with Gasteiger partial charge in [0.2, 0.25) is 5.91 Å². The summed E-state index contributed by atoms with van der Waals surface area (Å²) in [5.74, 6) is 0.370. The number of thioether (sulfide) groups is 1. The summed E-state index contributed by atoms with van der Waals surface area (Å²) >= 11 is 1.65. The van der Waals surface area contributed by atoms with Crippen LogP contribution in [0.2, 0.25) is 0 Å². The molecule has 0 radical (unpaired) electrons. The highest BCUT2D eigenvalue weighted by Gasteiger charge is 2.30. The van der Waals surface area contributed by atoms with Gasteiger partial charge in [-0.1, -0.05) is 0 Å². The van der Waals surface area contributed by atoms with Crippen molar-refractivity contribution in [2.24, 2.45) is 0 Å². The summed E-state index contributed by atoms with van der Waals surface area (Å²) in [6.07, 6.45) is -4.17. The molecule has 0 unspecified atom stereocenters. The molecule has 0 spiro atoms. The monoisotopic (exact) mass is 320 g/mol. The minimum Gasteiger partial charge on any atom is -0.397 e. The van der Waals surface area contributed by atoms with Crippen LogP contribution in [-0.4, -0.2) is 30.1 Å². The second-order valence-corrected chi connectivity index (χ2v) is 6.04. The molecule has 0 saturated carbocycles. The van der Waals surface area contributed by atoms with Crippen LogP contribution in [0.5, 0.6) is 0 Å². The lowest BCUT2D eigenvalue weighted by Gasteiger charge is -2.25. The Balaban J connectivity index is 1.85. The molecule has 3 N–H and O–H groups in total. The number of hydrogen-bond donors (Lipinski definition) is 2. The van der Waals surface area contributed by atoms with Crippen molar-refractivity contribution in [3.8, 4) is 0 Å². The zero-order chi connectivity index (χ0) is 15.5. The number of hydrogen-bond acceptors (Lipinski definition) is 4. The van der Waals surface area contributed by atoms with Gasteiger partial charge in [0, 0.05) is 12.2 Å². The summed E-state index contributed by atoms with van der Waals surface area (Å²) in [5, 5.41) is 2.96. The molecule has 0 atom stereocenters. The van der Waals surface area contributed by atoms with E-state index in [1.807, 2.05) is 0 Å². The Bertz CT molecular complexity index is 519. The first-order valence-corrected chi connectivity index (χ1v) is 7.37. The number of ether oxygens (including phenoxy) is 1. The van der Waals surface area contributed by atoms with E-state index in [1.165, 1.54) is 6.07 Å². The van der Waals surface area contributed by atoms with Crippen LogP contribution in [-0.2, 0) is 15.7 Å². The van der Waals surface area contributed by atoms with Gasteiger partial charge in [0.1, 0.15) is 0 Å². The third-order valence-electron chi connectivity index (χ3n) is 2.94. The number of anilines is 2. The smallest absolute Gasteiger partial charge is 0.397 e. The molecule has 1 aliphatic heterocycles. The molecule has 21 heavy (non-hydrogen) atoms. The van der Waals surface area contributed by atoms with E-state index in [9.17, 15) is 18.0 Å². The second kappa shape index (κ2) is 6.57. The summed E-state index contributed by atoms with van der Waals surface area (Å²) in [5.41, 5.74) is 4.80. The number of rotatable bonds is 5. The lowest BCUT2D eigenvalue weighted by molar-refractivity contribution is -0.137. The highest BCUT2D eigenvalue weighted by molar-refractivity contribution is 8.00. The number of carbonyl (C=O) groups excluding carboxylic acids is 1. The molecular formula is C13H15F3N2O2S. The van der Waals surface area contributed by atoms with Crippen molar-refractivity contribution in [2.75, 3.05) is 30.0 Å². The number of carbonyl (C=O) groups is 1. The molecule has 0 bridgehead atoms. The zero-order valence-corrected chi connectivity index (χ0v) is 11.9. The summed E-state index contributed by atoms with van der Waals surface area (Å²) < 4.78 is 42.5. The van der Waals surface area contributed by atoms with Crippen molar-refractivity contribution in [1.29, 1.82) is 0 Å². The highest BCUT2D eigenvalue weighted by atomic mass is 32.2. The van der Waals surface area contributed by atoms with Crippen LogP contribution in [0.4, 0.5) is 24.5 Å². The molecule has 4 nitrogen and oxygen atoms in total. The van der Waals surface area contributed by atoms with Crippen molar-refractivity contribution in [3.05, 3.63) is 23.8 Å². The Morgan fingerprint density at radius 2 is 2.14 bits per heavy atom. The van der Waals surface area contributed by atoms with Crippen molar-refractivity contribution >= 4 is 29.0 Å². The first kappa shape index (κ1) is 16.0. The fourth-order valence-electron chi connectivity index (χ4n) is 1.69. The Kier molecular flexibility index (Phi) is 5.00. The highest BCUT2D eigenvalue weighted by Crippen LogP contribution is 2.32. The van der Waals surface area contributed by atoms with Crippen LogP contribution in [0.3, 0.4) is 0 Å². The molecule has 0 aromatic heterocycles. The minimum atomic E-state index is -4.45. The van der Waals surface area contributed by atoms with Gasteiger partial charge in [0.05, 0.1) is 35.4 Å². The molecule has 1 aromatic rings. The first-order valence-electron chi connectivity index (χ1n) is 6.32. The minimum absolute atomic E-state index is 0.0989. The van der Waals surface area contributed by atoms with Crippen LogP contribution >= 0.6 is 11.8 Å². The van der Waals surface area contributed by atoms with Crippen molar-refractivity contribution in [1.82, 2.24) is 0 Å². The molecule has 1 amide bonds. The van der Waals surface area contributed by atoms with Crippen LogP contribution in [0, 0.1) is 0 Å².